The third-order valence-corrected chi connectivity index (χ3v) is 2.65. The summed E-state index contributed by atoms with van der Waals surface area (Å²) >= 11 is 0. The first-order valence-corrected chi connectivity index (χ1v) is 5.56. The van der Waals surface area contributed by atoms with Crippen LogP contribution in [-0.2, 0) is 6.54 Å². The van der Waals surface area contributed by atoms with Crippen LogP contribution in [-0.4, -0.2) is 22.6 Å². The van der Waals surface area contributed by atoms with E-state index in [-0.39, 0.29) is 0 Å². The number of hydrogen-bond acceptors (Lipinski definition) is 2. The second-order valence-corrected chi connectivity index (χ2v) is 3.79. The number of imidazole rings is 1. The lowest BCUT2D eigenvalue weighted by Crippen LogP contribution is -2.20. The zero-order valence-electron chi connectivity index (χ0n) is 9.61. The van der Waals surface area contributed by atoms with Crippen LogP contribution in [0.3, 0.4) is 0 Å². The van der Waals surface area contributed by atoms with Crippen LogP contribution in [0.5, 0.6) is 0 Å². The van der Waals surface area contributed by atoms with Gasteiger partial charge in [-0.15, -0.1) is 6.58 Å². The topological polar surface area (TPSA) is 29.9 Å². The first-order valence-electron chi connectivity index (χ1n) is 5.56. The molecule has 2 rings (SSSR count). The van der Waals surface area contributed by atoms with Crippen molar-refractivity contribution in [2.75, 3.05) is 13.1 Å². The first-order chi connectivity index (χ1) is 7.83. The van der Waals surface area contributed by atoms with Gasteiger partial charge in [0.15, 0.2) is 0 Å². The normalized spacial score (nSPS) is 10.8. The van der Waals surface area contributed by atoms with Crippen molar-refractivity contribution in [3.8, 4) is 0 Å². The first kappa shape index (κ1) is 10.9. The Kier molecular flexibility index (Phi) is 3.37. The SMILES string of the molecule is C=CCNCCn1c(C)nc2ccccc21. The minimum Gasteiger partial charge on any atom is -0.327 e. The Bertz CT molecular complexity index is 485. The van der Waals surface area contributed by atoms with Crippen molar-refractivity contribution in [3.63, 3.8) is 0 Å². The van der Waals surface area contributed by atoms with Crippen LogP contribution < -0.4 is 5.32 Å². The Balaban J connectivity index is 2.16. The van der Waals surface area contributed by atoms with Gasteiger partial charge in [0, 0.05) is 19.6 Å². The van der Waals surface area contributed by atoms with Gasteiger partial charge in [-0.2, -0.15) is 0 Å². The van der Waals surface area contributed by atoms with Crippen LogP contribution in [0.2, 0.25) is 0 Å². The highest BCUT2D eigenvalue weighted by molar-refractivity contribution is 5.75. The van der Waals surface area contributed by atoms with Gasteiger partial charge in [-0.1, -0.05) is 18.2 Å². The number of rotatable bonds is 5. The molecule has 1 aromatic carbocycles. The molecule has 3 heteroatoms. The highest BCUT2D eigenvalue weighted by Crippen LogP contribution is 2.14. The van der Waals surface area contributed by atoms with E-state index in [0.29, 0.717) is 0 Å². The molecule has 0 aliphatic heterocycles. The second-order valence-electron chi connectivity index (χ2n) is 3.79. The molecule has 1 aromatic heterocycles. The van der Waals surface area contributed by atoms with Crippen molar-refractivity contribution < 1.29 is 0 Å². The molecule has 0 atom stereocenters. The lowest BCUT2D eigenvalue weighted by atomic mass is 10.3. The molecule has 1 N–H and O–H groups in total. The lowest BCUT2D eigenvalue weighted by molar-refractivity contribution is 0.625. The molecule has 84 valence electrons. The molecular formula is C13H17N3. The molecule has 16 heavy (non-hydrogen) atoms. The number of aromatic nitrogens is 2. The van der Waals surface area contributed by atoms with Crippen LogP contribution >= 0.6 is 0 Å². The van der Waals surface area contributed by atoms with Gasteiger partial charge in [-0.05, 0) is 19.1 Å². The fraction of sp³-hybridized carbons (Fsp3) is 0.308. The molecule has 0 aliphatic carbocycles. The van der Waals surface area contributed by atoms with Gasteiger partial charge in [0.1, 0.15) is 5.82 Å². The predicted molar refractivity (Wildman–Crippen MR) is 67.5 cm³/mol. The van der Waals surface area contributed by atoms with Crippen LogP contribution in [0.25, 0.3) is 11.0 Å². The van der Waals surface area contributed by atoms with Crippen LogP contribution in [0.1, 0.15) is 5.82 Å². The molecule has 0 unspecified atom stereocenters. The van der Waals surface area contributed by atoms with Crippen LogP contribution in [0.4, 0.5) is 0 Å². The summed E-state index contributed by atoms with van der Waals surface area (Å²) in [4.78, 5) is 4.53. The van der Waals surface area contributed by atoms with E-state index in [2.05, 4.69) is 39.6 Å². The van der Waals surface area contributed by atoms with E-state index in [0.717, 1.165) is 31.0 Å². The van der Waals surface area contributed by atoms with Gasteiger partial charge in [-0.3, -0.25) is 0 Å². The summed E-state index contributed by atoms with van der Waals surface area (Å²) in [6.07, 6.45) is 1.87. The van der Waals surface area contributed by atoms with Crippen molar-refractivity contribution in [1.29, 1.82) is 0 Å². The molecule has 2 aromatic rings. The molecule has 0 spiro atoms. The third-order valence-electron chi connectivity index (χ3n) is 2.65. The quantitative estimate of drug-likeness (QED) is 0.611. The number of nitrogens with one attached hydrogen (secondary N) is 1. The Hall–Kier alpha value is -1.61. The van der Waals surface area contributed by atoms with Crippen molar-refractivity contribution >= 4 is 11.0 Å². The van der Waals surface area contributed by atoms with E-state index in [9.17, 15) is 0 Å². The minimum atomic E-state index is 0.853. The van der Waals surface area contributed by atoms with E-state index >= 15 is 0 Å². The lowest BCUT2D eigenvalue weighted by Gasteiger charge is -2.06. The van der Waals surface area contributed by atoms with Crippen molar-refractivity contribution in [2.45, 2.75) is 13.5 Å². The molecule has 0 amide bonds. The Morgan fingerprint density at radius 3 is 3.06 bits per heavy atom. The monoisotopic (exact) mass is 215 g/mol. The zero-order chi connectivity index (χ0) is 11.4. The van der Waals surface area contributed by atoms with Gasteiger partial charge in [0.05, 0.1) is 11.0 Å². The molecule has 0 saturated heterocycles. The highest BCUT2D eigenvalue weighted by Gasteiger charge is 2.04. The number of para-hydroxylation sites is 2. The Morgan fingerprint density at radius 2 is 2.25 bits per heavy atom. The highest BCUT2D eigenvalue weighted by atomic mass is 15.1. The van der Waals surface area contributed by atoms with E-state index in [4.69, 9.17) is 0 Å². The largest absolute Gasteiger partial charge is 0.327 e. The molecule has 1 heterocycles. The Labute approximate surface area is 95.8 Å². The minimum absolute atomic E-state index is 0.853. The number of benzene rings is 1. The number of fused-ring (bicyclic) bond motifs is 1. The van der Waals surface area contributed by atoms with Crippen LogP contribution in [0, 0.1) is 6.92 Å². The van der Waals surface area contributed by atoms with Crippen molar-refractivity contribution in [3.05, 3.63) is 42.7 Å². The van der Waals surface area contributed by atoms with E-state index in [1.54, 1.807) is 0 Å². The van der Waals surface area contributed by atoms with Crippen molar-refractivity contribution in [2.24, 2.45) is 0 Å². The fourth-order valence-corrected chi connectivity index (χ4v) is 1.87. The predicted octanol–water partition coefficient (Wildman–Crippen LogP) is 2.12. The Morgan fingerprint density at radius 1 is 1.44 bits per heavy atom. The third kappa shape index (κ3) is 2.14. The van der Waals surface area contributed by atoms with Crippen molar-refractivity contribution in [1.82, 2.24) is 14.9 Å². The van der Waals surface area contributed by atoms with Gasteiger partial charge in [0.2, 0.25) is 0 Å². The fourth-order valence-electron chi connectivity index (χ4n) is 1.87. The van der Waals surface area contributed by atoms with Gasteiger partial charge < -0.3 is 9.88 Å². The molecular weight excluding hydrogens is 198 g/mol. The second kappa shape index (κ2) is 4.94. The average Bonchev–Trinajstić information content (AvgIpc) is 2.61. The summed E-state index contributed by atoms with van der Waals surface area (Å²) < 4.78 is 2.24. The summed E-state index contributed by atoms with van der Waals surface area (Å²) in [6, 6.07) is 8.24. The van der Waals surface area contributed by atoms with Crippen LogP contribution in [0.15, 0.2) is 36.9 Å². The number of nitrogens with zero attached hydrogens (tertiary/aromatic N) is 2. The number of aryl methyl sites for hydroxylation is 1. The molecule has 0 radical (unpaired) electrons. The summed E-state index contributed by atoms with van der Waals surface area (Å²) in [7, 11) is 0. The molecule has 0 saturated carbocycles. The van der Waals surface area contributed by atoms with Gasteiger partial charge in [0.25, 0.3) is 0 Å². The standard InChI is InChI=1S/C13H17N3/c1-3-8-14-9-10-16-11(2)15-12-6-4-5-7-13(12)16/h3-7,14H,1,8-10H2,2H3. The maximum atomic E-state index is 4.53. The van der Waals surface area contributed by atoms with E-state index < -0.39 is 0 Å². The molecule has 0 bridgehead atoms. The maximum absolute atomic E-state index is 4.53. The maximum Gasteiger partial charge on any atom is 0.106 e. The number of hydrogen-bond donors (Lipinski definition) is 1. The van der Waals surface area contributed by atoms with Gasteiger partial charge >= 0.3 is 0 Å². The summed E-state index contributed by atoms with van der Waals surface area (Å²) in [5.41, 5.74) is 2.28. The average molecular weight is 215 g/mol. The van der Waals surface area contributed by atoms with E-state index in [1.165, 1.54) is 5.52 Å². The zero-order valence-corrected chi connectivity index (χ0v) is 9.61. The molecule has 3 nitrogen and oxygen atoms in total. The summed E-state index contributed by atoms with van der Waals surface area (Å²) in [5.74, 6) is 1.07. The smallest absolute Gasteiger partial charge is 0.106 e. The molecule has 0 fully saturated rings. The van der Waals surface area contributed by atoms with Gasteiger partial charge in [-0.25, -0.2) is 4.98 Å². The summed E-state index contributed by atoms with van der Waals surface area (Å²) in [6.45, 7) is 8.47. The molecule has 0 aliphatic rings. The summed E-state index contributed by atoms with van der Waals surface area (Å²) in [5, 5.41) is 3.30. The van der Waals surface area contributed by atoms with E-state index in [1.807, 2.05) is 19.1 Å².